The Balaban J connectivity index is 1.59. The van der Waals surface area contributed by atoms with Crippen LogP contribution in [0.5, 0.6) is 5.75 Å². The third-order valence-electron chi connectivity index (χ3n) is 4.55. The van der Waals surface area contributed by atoms with Gasteiger partial charge in [-0.2, -0.15) is 0 Å². The summed E-state index contributed by atoms with van der Waals surface area (Å²) in [7, 11) is 0. The SMILES string of the molecule is Cc1nc2ncccc2c(=O)n1-c1ccc(F)c(NC(=O)COc2ccc(Cl)cc2Cl)c1. The van der Waals surface area contributed by atoms with Crippen molar-refractivity contribution in [2.45, 2.75) is 6.92 Å². The van der Waals surface area contributed by atoms with E-state index in [0.29, 0.717) is 27.6 Å². The van der Waals surface area contributed by atoms with E-state index in [1.54, 1.807) is 31.3 Å². The zero-order valence-corrected chi connectivity index (χ0v) is 18.1. The monoisotopic (exact) mass is 472 g/mol. The van der Waals surface area contributed by atoms with Crippen molar-refractivity contribution in [2.75, 3.05) is 11.9 Å². The number of hydrogen-bond donors (Lipinski definition) is 1. The van der Waals surface area contributed by atoms with Crippen molar-refractivity contribution >= 4 is 45.8 Å². The summed E-state index contributed by atoms with van der Waals surface area (Å²) >= 11 is 11.8. The predicted molar refractivity (Wildman–Crippen MR) is 120 cm³/mol. The highest BCUT2D eigenvalue weighted by Crippen LogP contribution is 2.27. The van der Waals surface area contributed by atoms with Gasteiger partial charge in [0.25, 0.3) is 11.5 Å². The van der Waals surface area contributed by atoms with Gasteiger partial charge in [0, 0.05) is 11.2 Å². The number of amides is 1. The van der Waals surface area contributed by atoms with Gasteiger partial charge in [0.2, 0.25) is 0 Å². The number of carbonyl (C=O) groups excluding carboxylic acids is 1. The molecule has 0 fully saturated rings. The third kappa shape index (κ3) is 4.42. The predicted octanol–water partition coefficient (Wildman–Crippen LogP) is 4.55. The first-order valence-corrected chi connectivity index (χ1v) is 10.1. The summed E-state index contributed by atoms with van der Waals surface area (Å²) in [4.78, 5) is 33.7. The number of nitrogens with zero attached hydrogens (tertiary/aromatic N) is 3. The minimum absolute atomic E-state index is 0.115. The van der Waals surface area contributed by atoms with Gasteiger partial charge in [-0.3, -0.25) is 14.2 Å². The Morgan fingerprint density at radius 1 is 1.19 bits per heavy atom. The van der Waals surface area contributed by atoms with Crippen LogP contribution >= 0.6 is 23.2 Å². The first-order chi connectivity index (χ1) is 15.3. The van der Waals surface area contributed by atoms with E-state index in [1.807, 2.05) is 0 Å². The summed E-state index contributed by atoms with van der Waals surface area (Å²) in [5.41, 5.74) is 0.185. The molecule has 0 saturated heterocycles. The maximum Gasteiger partial charge on any atom is 0.267 e. The van der Waals surface area contributed by atoms with Crippen LogP contribution in [0, 0.1) is 12.7 Å². The molecule has 0 saturated carbocycles. The molecule has 0 aliphatic heterocycles. The van der Waals surface area contributed by atoms with Gasteiger partial charge in [-0.25, -0.2) is 14.4 Å². The van der Waals surface area contributed by atoms with Crippen LogP contribution in [0.4, 0.5) is 10.1 Å². The molecule has 2 aromatic carbocycles. The van der Waals surface area contributed by atoms with Gasteiger partial charge in [-0.15, -0.1) is 0 Å². The lowest BCUT2D eigenvalue weighted by Crippen LogP contribution is -2.24. The van der Waals surface area contributed by atoms with E-state index in [2.05, 4.69) is 15.3 Å². The third-order valence-corrected chi connectivity index (χ3v) is 5.08. The average molecular weight is 473 g/mol. The van der Waals surface area contributed by atoms with E-state index in [9.17, 15) is 14.0 Å². The molecule has 0 atom stereocenters. The molecule has 1 N–H and O–H groups in total. The van der Waals surface area contributed by atoms with Crippen molar-refractivity contribution in [3.8, 4) is 11.4 Å². The first-order valence-electron chi connectivity index (χ1n) is 9.35. The van der Waals surface area contributed by atoms with Crippen molar-refractivity contribution in [3.05, 3.63) is 86.8 Å². The minimum Gasteiger partial charge on any atom is -0.482 e. The fourth-order valence-corrected chi connectivity index (χ4v) is 3.56. The van der Waals surface area contributed by atoms with Crippen molar-refractivity contribution in [3.63, 3.8) is 0 Å². The van der Waals surface area contributed by atoms with Gasteiger partial charge in [0.05, 0.1) is 21.8 Å². The van der Waals surface area contributed by atoms with Crippen LogP contribution in [0.25, 0.3) is 16.7 Å². The maximum atomic E-state index is 14.4. The quantitative estimate of drug-likeness (QED) is 0.460. The number of halogens is 3. The molecule has 2 heterocycles. The van der Waals surface area contributed by atoms with Gasteiger partial charge < -0.3 is 10.1 Å². The van der Waals surface area contributed by atoms with Gasteiger partial charge in [0.1, 0.15) is 17.4 Å². The van der Waals surface area contributed by atoms with Gasteiger partial charge >= 0.3 is 0 Å². The normalized spacial score (nSPS) is 10.9. The van der Waals surface area contributed by atoms with Crippen LogP contribution in [-0.4, -0.2) is 27.0 Å². The Morgan fingerprint density at radius 2 is 2.00 bits per heavy atom. The molecule has 0 bridgehead atoms. The maximum absolute atomic E-state index is 14.4. The number of anilines is 1. The number of ether oxygens (including phenoxy) is 1. The smallest absolute Gasteiger partial charge is 0.267 e. The Morgan fingerprint density at radius 3 is 2.78 bits per heavy atom. The lowest BCUT2D eigenvalue weighted by molar-refractivity contribution is -0.118. The van der Waals surface area contributed by atoms with Crippen LogP contribution in [0.1, 0.15) is 5.82 Å². The number of aryl methyl sites for hydroxylation is 1. The molecule has 0 spiro atoms. The van der Waals surface area contributed by atoms with Crippen LogP contribution in [-0.2, 0) is 4.79 Å². The highest BCUT2D eigenvalue weighted by atomic mass is 35.5. The molecule has 4 rings (SSSR count). The van der Waals surface area contributed by atoms with Crippen LogP contribution < -0.4 is 15.6 Å². The van der Waals surface area contributed by atoms with Crippen molar-refractivity contribution in [2.24, 2.45) is 0 Å². The Labute approximate surface area is 191 Å². The summed E-state index contributed by atoms with van der Waals surface area (Å²) in [6, 6.07) is 11.7. The van der Waals surface area contributed by atoms with E-state index in [1.165, 1.54) is 28.8 Å². The van der Waals surface area contributed by atoms with Gasteiger partial charge in [-0.05, 0) is 55.5 Å². The number of aromatic nitrogens is 3. The van der Waals surface area contributed by atoms with E-state index in [0.717, 1.165) is 6.07 Å². The molecule has 4 aromatic rings. The van der Waals surface area contributed by atoms with E-state index >= 15 is 0 Å². The highest BCUT2D eigenvalue weighted by molar-refractivity contribution is 6.35. The number of carbonyl (C=O) groups is 1. The topological polar surface area (TPSA) is 86.1 Å². The Kier molecular flexibility index (Phi) is 6.07. The lowest BCUT2D eigenvalue weighted by Gasteiger charge is -2.13. The summed E-state index contributed by atoms with van der Waals surface area (Å²) in [6.07, 6.45) is 1.55. The fraction of sp³-hybridized carbons (Fsp3) is 0.0909. The van der Waals surface area contributed by atoms with E-state index < -0.39 is 18.3 Å². The fourth-order valence-electron chi connectivity index (χ4n) is 3.10. The number of pyridine rings is 1. The van der Waals surface area contributed by atoms with Gasteiger partial charge in [0.15, 0.2) is 12.3 Å². The summed E-state index contributed by atoms with van der Waals surface area (Å²) in [5.74, 6) is -0.658. The molecular formula is C22H15Cl2FN4O3. The van der Waals surface area contributed by atoms with Crippen LogP contribution in [0.3, 0.4) is 0 Å². The molecule has 10 heteroatoms. The van der Waals surface area contributed by atoms with E-state index in [-0.39, 0.29) is 22.0 Å². The molecule has 2 aromatic heterocycles. The van der Waals surface area contributed by atoms with Crippen molar-refractivity contribution in [1.29, 1.82) is 0 Å². The number of fused-ring (bicyclic) bond motifs is 1. The molecule has 7 nitrogen and oxygen atoms in total. The Hall–Kier alpha value is -3.49. The second kappa shape index (κ2) is 8.94. The molecular weight excluding hydrogens is 458 g/mol. The van der Waals surface area contributed by atoms with Crippen LogP contribution in [0.15, 0.2) is 59.5 Å². The number of nitrogens with one attached hydrogen (secondary N) is 1. The van der Waals surface area contributed by atoms with Crippen molar-refractivity contribution < 1.29 is 13.9 Å². The molecule has 0 aliphatic carbocycles. The highest BCUT2D eigenvalue weighted by Gasteiger charge is 2.14. The van der Waals surface area contributed by atoms with Crippen molar-refractivity contribution in [1.82, 2.24) is 14.5 Å². The summed E-state index contributed by atoms with van der Waals surface area (Å²) in [6.45, 7) is 1.23. The largest absolute Gasteiger partial charge is 0.482 e. The Bertz CT molecular complexity index is 1410. The minimum atomic E-state index is -0.673. The van der Waals surface area contributed by atoms with E-state index in [4.69, 9.17) is 27.9 Å². The zero-order chi connectivity index (χ0) is 22.8. The zero-order valence-electron chi connectivity index (χ0n) is 16.6. The molecule has 162 valence electrons. The lowest BCUT2D eigenvalue weighted by atomic mass is 10.2. The second-order valence-corrected chi connectivity index (χ2v) is 7.59. The summed E-state index contributed by atoms with van der Waals surface area (Å²) in [5, 5.41) is 3.43. The average Bonchev–Trinajstić information content (AvgIpc) is 2.75. The second-order valence-electron chi connectivity index (χ2n) is 6.75. The van der Waals surface area contributed by atoms with Gasteiger partial charge in [-0.1, -0.05) is 23.2 Å². The van der Waals surface area contributed by atoms with Crippen LogP contribution in [0.2, 0.25) is 10.0 Å². The standard InChI is InChI=1S/C22H15Cl2FN4O3/c1-12-27-21-15(3-2-8-26-21)22(31)29(12)14-5-6-17(25)18(10-14)28-20(30)11-32-19-7-4-13(23)9-16(19)24/h2-10H,11H2,1H3,(H,28,30). The number of benzene rings is 2. The number of rotatable bonds is 5. The molecule has 0 radical (unpaired) electrons. The number of hydrogen-bond acceptors (Lipinski definition) is 5. The summed E-state index contributed by atoms with van der Waals surface area (Å²) < 4.78 is 21.1. The molecule has 1 amide bonds. The molecule has 32 heavy (non-hydrogen) atoms. The molecule has 0 unspecified atom stereocenters. The first kappa shape index (κ1) is 21.7. The molecule has 0 aliphatic rings.